The van der Waals surface area contributed by atoms with Crippen LogP contribution < -0.4 is 16.6 Å². The number of halogens is 1. The van der Waals surface area contributed by atoms with Crippen molar-refractivity contribution in [2.24, 2.45) is 17.5 Å². The summed E-state index contributed by atoms with van der Waals surface area (Å²) in [6.07, 6.45) is 3.14. The molecule has 0 bridgehead atoms. The minimum Gasteiger partial charge on any atom is -0.481 e. The summed E-state index contributed by atoms with van der Waals surface area (Å²) in [7, 11) is 0. The second kappa shape index (κ2) is 10.2. The van der Waals surface area contributed by atoms with E-state index in [4.69, 9.17) is 21.2 Å². The molecule has 37 heavy (non-hydrogen) atoms. The molecule has 0 unspecified atom stereocenters. The standard InChI is InChI=1S/C26H24FN7O3/c27-20-3-1-2-4-21(20)34(29)23(17-9-11-30-12-10-17)22(28)25-31-24(32-37-25)18-7-5-16(6-8-18)13-33-14-19(15-33)26(35)36/h1-12,19H,13-15,28-29H2,(H,35,36)/b23-22-. The van der Waals surface area contributed by atoms with Crippen molar-refractivity contribution in [3.8, 4) is 11.4 Å². The van der Waals surface area contributed by atoms with Crippen LogP contribution in [0.15, 0.2) is 77.6 Å². The Morgan fingerprint density at radius 2 is 1.81 bits per heavy atom. The third-order valence-electron chi connectivity index (χ3n) is 6.14. The summed E-state index contributed by atoms with van der Waals surface area (Å²) in [6.45, 7) is 1.75. The molecule has 1 aliphatic rings. The first kappa shape index (κ1) is 24.1. The number of likely N-dealkylation sites (tertiary alicyclic amines) is 1. The van der Waals surface area contributed by atoms with Crippen molar-refractivity contribution in [3.05, 3.63) is 95.9 Å². The van der Waals surface area contributed by atoms with E-state index < -0.39 is 11.8 Å². The lowest BCUT2D eigenvalue weighted by Gasteiger charge is -2.36. The fourth-order valence-electron chi connectivity index (χ4n) is 4.13. The molecule has 0 amide bonds. The SMILES string of the molecule is N/C(=C(/c1ccncc1)N(N)c1ccccc1F)c1nc(-c2ccc(CN3CC(C(=O)O)C3)cc2)no1. The van der Waals surface area contributed by atoms with Crippen LogP contribution in [-0.2, 0) is 11.3 Å². The maximum Gasteiger partial charge on any atom is 0.309 e. The third kappa shape index (κ3) is 5.03. The Kier molecular flexibility index (Phi) is 6.62. The van der Waals surface area contributed by atoms with E-state index in [1.165, 1.54) is 12.1 Å². The van der Waals surface area contributed by atoms with Gasteiger partial charge in [0.25, 0.3) is 5.89 Å². The van der Waals surface area contributed by atoms with E-state index in [2.05, 4.69) is 20.0 Å². The quantitative estimate of drug-likeness (QED) is 0.243. The fourth-order valence-corrected chi connectivity index (χ4v) is 4.13. The molecule has 0 aliphatic carbocycles. The summed E-state index contributed by atoms with van der Waals surface area (Å²) in [4.78, 5) is 21.5. The number of para-hydroxylation sites is 1. The molecular formula is C26H24FN7O3. The minimum atomic E-state index is -0.758. The summed E-state index contributed by atoms with van der Waals surface area (Å²) >= 11 is 0. The van der Waals surface area contributed by atoms with Crippen molar-refractivity contribution in [2.45, 2.75) is 6.54 Å². The molecule has 11 heteroatoms. The first-order valence-electron chi connectivity index (χ1n) is 11.5. The molecule has 1 aliphatic heterocycles. The number of hydrogen-bond donors (Lipinski definition) is 3. The van der Waals surface area contributed by atoms with Gasteiger partial charge in [0, 0.05) is 43.2 Å². The van der Waals surface area contributed by atoms with Gasteiger partial charge in [-0.2, -0.15) is 4.98 Å². The highest BCUT2D eigenvalue weighted by Gasteiger charge is 2.32. The molecule has 0 saturated carbocycles. The fraction of sp³-hybridized carbons (Fsp3) is 0.154. The van der Waals surface area contributed by atoms with Crippen molar-refractivity contribution in [3.63, 3.8) is 0 Å². The lowest BCUT2D eigenvalue weighted by molar-refractivity contribution is -0.147. The van der Waals surface area contributed by atoms with Gasteiger partial charge in [-0.25, -0.2) is 10.2 Å². The zero-order valence-corrected chi connectivity index (χ0v) is 19.7. The molecule has 10 nitrogen and oxygen atoms in total. The van der Waals surface area contributed by atoms with Crippen LogP contribution in [0.2, 0.25) is 0 Å². The topological polar surface area (TPSA) is 148 Å². The monoisotopic (exact) mass is 501 g/mol. The zero-order valence-electron chi connectivity index (χ0n) is 19.7. The number of nitrogens with zero attached hydrogens (tertiary/aromatic N) is 5. The average molecular weight is 502 g/mol. The molecule has 0 spiro atoms. The Labute approximate surface area is 211 Å². The van der Waals surface area contributed by atoms with Crippen molar-refractivity contribution in [1.29, 1.82) is 0 Å². The van der Waals surface area contributed by atoms with Crippen LogP contribution in [0.4, 0.5) is 10.1 Å². The van der Waals surface area contributed by atoms with Crippen molar-refractivity contribution >= 4 is 23.1 Å². The van der Waals surface area contributed by atoms with Gasteiger partial charge in [-0.15, -0.1) is 0 Å². The Balaban J connectivity index is 1.40. The molecule has 0 radical (unpaired) electrons. The number of rotatable bonds is 8. The minimum absolute atomic E-state index is 0.0259. The summed E-state index contributed by atoms with van der Waals surface area (Å²) in [6, 6.07) is 17.0. The number of carboxylic acids is 1. The normalized spacial score (nSPS) is 14.6. The number of aromatic nitrogens is 3. The molecule has 3 heterocycles. The highest BCUT2D eigenvalue weighted by Crippen LogP contribution is 2.30. The number of hydrazine groups is 1. The van der Waals surface area contributed by atoms with Gasteiger partial charge in [0.1, 0.15) is 11.5 Å². The molecule has 188 valence electrons. The van der Waals surface area contributed by atoms with E-state index in [1.807, 2.05) is 24.3 Å². The molecule has 4 aromatic rings. The number of carboxylic acid groups (broad SMARTS) is 1. The number of aliphatic carboxylic acids is 1. The van der Waals surface area contributed by atoms with Crippen molar-refractivity contribution in [2.75, 3.05) is 18.1 Å². The van der Waals surface area contributed by atoms with Crippen LogP contribution in [0, 0.1) is 11.7 Å². The molecule has 2 aromatic heterocycles. The summed E-state index contributed by atoms with van der Waals surface area (Å²) in [5.74, 6) is 5.11. The highest BCUT2D eigenvalue weighted by molar-refractivity contribution is 5.93. The van der Waals surface area contributed by atoms with Gasteiger partial charge >= 0.3 is 5.97 Å². The van der Waals surface area contributed by atoms with Gasteiger partial charge < -0.3 is 15.4 Å². The van der Waals surface area contributed by atoms with E-state index in [0.717, 1.165) is 10.6 Å². The molecule has 1 saturated heterocycles. The Hall–Kier alpha value is -4.61. The smallest absolute Gasteiger partial charge is 0.309 e. The zero-order chi connectivity index (χ0) is 25.9. The number of nitrogens with two attached hydrogens (primary N) is 2. The van der Waals surface area contributed by atoms with Crippen LogP contribution in [0.1, 0.15) is 17.0 Å². The highest BCUT2D eigenvalue weighted by atomic mass is 19.1. The number of pyridine rings is 1. The largest absolute Gasteiger partial charge is 0.481 e. The van der Waals surface area contributed by atoms with Gasteiger partial charge in [-0.05, 0) is 29.8 Å². The van der Waals surface area contributed by atoms with Crippen molar-refractivity contribution < 1.29 is 18.8 Å². The number of anilines is 1. The van der Waals surface area contributed by atoms with E-state index in [1.54, 1.807) is 36.7 Å². The van der Waals surface area contributed by atoms with Gasteiger partial charge in [-0.1, -0.05) is 41.6 Å². The molecule has 5 N–H and O–H groups in total. The number of carbonyl (C=O) groups is 1. The van der Waals surface area contributed by atoms with E-state index in [-0.39, 0.29) is 28.9 Å². The van der Waals surface area contributed by atoms with Crippen LogP contribution in [0.3, 0.4) is 0 Å². The predicted octanol–water partition coefficient (Wildman–Crippen LogP) is 2.95. The van der Waals surface area contributed by atoms with Crippen LogP contribution >= 0.6 is 0 Å². The van der Waals surface area contributed by atoms with Crippen LogP contribution in [0.5, 0.6) is 0 Å². The van der Waals surface area contributed by atoms with Crippen molar-refractivity contribution in [1.82, 2.24) is 20.0 Å². The second-order valence-corrected chi connectivity index (χ2v) is 8.67. The Morgan fingerprint density at radius 3 is 2.49 bits per heavy atom. The summed E-state index contributed by atoms with van der Waals surface area (Å²) in [5.41, 5.74) is 9.24. The van der Waals surface area contributed by atoms with E-state index in [9.17, 15) is 9.18 Å². The summed E-state index contributed by atoms with van der Waals surface area (Å²) < 4.78 is 20.0. The maximum atomic E-state index is 14.5. The van der Waals surface area contributed by atoms with Gasteiger partial charge in [0.2, 0.25) is 5.82 Å². The van der Waals surface area contributed by atoms with Gasteiger partial charge in [-0.3, -0.25) is 19.7 Å². The molecule has 0 atom stereocenters. The third-order valence-corrected chi connectivity index (χ3v) is 6.14. The molecule has 2 aromatic carbocycles. The molecule has 5 rings (SSSR count). The first-order chi connectivity index (χ1) is 17.9. The van der Waals surface area contributed by atoms with E-state index >= 15 is 0 Å². The first-order valence-corrected chi connectivity index (χ1v) is 11.5. The lowest BCUT2D eigenvalue weighted by Crippen LogP contribution is -2.49. The number of hydrogen-bond acceptors (Lipinski definition) is 9. The second-order valence-electron chi connectivity index (χ2n) is 8.67. The number of benzene rings is 2. The molecular weight excluding hydrogens is 477 g/mol. The van der Waals surface area contributed by atoms with E-state index in [0.29, 0.717) is 36.6 Å². The lowest BCUT2D eigenvalue weighted by atomic mass is 9.99. The van der Waals surface area contributed by atoms with Gasteiger partial charge in [0.05, 0.1) is 17.3 Å². The average Bonchev–Trinajstić information content (AvgIpc) is 3.37. The Morgan fingerprint density at radius 1 is 1.11 bits per heavy atom. The summed E-state index contributed by atoms with van der Waals surface area (Å²) in [5, 5.41) is 14.2. The van der Waals surface area contributed by atoms with Crippen LogP contribution in [0.25, 0.3) is 22.8 Å². The predicted molar refractivity (Wildman–Crippen MR) is 134 cm³/mol. The maximum absolute atomic E-state index is 14.5. The van der Waals surface area contributed by atoms with Crippen LogP contribution in [-0.4, -0.2) is 44.2 Å². The molecule has 1 fully saturated rings. The Bertz CT molecular complexity index is 1430. The van der Waals surface area contributed by atoms with Gasteiger partial charge in [0.15, 0.2) is 0 Å².